The maximum absolute atomic E-state index is 10.3. The monoisotopic (exact) mass is 194 g/mol. The van der Waals surface area contributed by atoms with E-state index in [-0.39, 0.29) is 0 Å². The Morgan fingerprint density at radius 2 is 2.00 bits per heavy atom. The summed E-state index contributed by atoms with van der Waals surface area (Å²) in [5.74, 6) is 0. The molecule has 0 heterocycles. The number of benzene rings is 1. The highest BCUT2D eigenvalue weighted by molar-refractivity contribution is 6.30. The van der Waals surface area contributed by atoms with E-state index in [1.807, 2.05) is 31.2 Å². The Morgan fingerprint density at radius 3 is 2.46 bits per heavy atom. The Kier molecular flexibility index (Phi) is 3.71. The molecule has 0 atom stereocenters. The van der Waals surface area contributed by atoms with Gasteiger partial charge in [0.05, 0.1) is 0 Å². The Bertz CT molecular complexity index is 311. The predicted octanol–water partition coefficient (Wildman–Crippen LogP) is 3.33. The highest BCUT2D eigenvalue weighted by atomic mass is 35.5. The van der Waals surface area contributed by atoms with Crippen LogP contribution in [0.1, 0.15) is 18.9 Å². The molecule has 0 saturated heterocycles. The summed E-state index contributed by atoms with van der Waals surface area (Å²) in [6, 6.07) is 7.48. The molecule has 68 valence electrons. The first kappa shape index (κ1) is 10.0. The molecule has 0 spiro atoms. The summed E-state index contributed by atoms with van der Waals surface area (Å²) in [5, 5.41) is 0.713. The molecule has 0 N–H and O–H groups in total. The predicted molar refractivity (Wildman–Crippen MR) is 55.8 cm³/mol. The van der Waals surface area contributed by atoms with Crippen molar-refractivity contribution in [2.75, 3.05) is 0 Å². The summed E-state index contributed by atoms with van der Waals surface area (Å²) in [6.45, 7) is 2.02. The Balaban J connectivity index is 2.99. The molecule has 2 heteroatoms. The SMILES string of the molecule is CC/C(=C/C=O)c1ccc(Cl)cc1. The summed E-state index contributed by atoms with van der Waals surface area (Å²) in [4.78, 5) is 10.3. The van der Waals surface area contributed by atoms with Gasteiger partial charge in [0.1, 0.15) is 6.29 Å². The average Bonchev–Trinajstić information content (AvgIpc) is 2.16. The number of rotatable bonds is 3. The molecule has 0 unspecified atom stereocenters. The van der Waals surface area contributed by atoms with Crippen LogP contribution in [0.25, 0.3) is 5.57 Å². The van der Waals surface area contributed by atoms with E-state index in [2.05, 4.69) is 0 Å². The van der Waals surface area contributed by atoms with Gasteiger partial charge in [-0.15, -0.1) is 0 Å². The van der Waals surface area contributed by atoms with Gasteiger partial charge in [0.15, 0.2) is 0 Å². The Hall–Kier alpha value is -1.08. The molecule has 1 aromatic rings. The van der Waals surface area contributed by atoms with E-state index < -0.39 is 0 Å². The molecule has 0 aliphatic carbocycles. The zero-order valence-electron chi connectivity index (χ0n) is 7.46. The number of aldehydes is 1. The van der Waals surface area contributed by atoms with Crippen LogP contribution in [0.15, 0.2) is 30.3 Å². The number of hydrogen-bond donors (Lipinski definition) is 0. The fraction of sp³-hybridized carbons (Fsp3) is 0.182. The number of halogens is 1. The lowest BCUT2D eigenvalue weighted by molar-refractivity contribution is -0.104. The zero-order valence-corrected chi connectivity index (χ0v) is 8.21. The van der Waals surface area contributed by atoms with Crippen molar-refractivity contribution in [1.82, 2.24) is 0 Å². The van der Waals surface area contributed by atoms with E-state index in [0.29, 0.717) is 5.02 Å². The highest BCUT2D eigenvalue weighted by Crippen LogP contribution is 2.19. The lowest BCUT2D eigenvalue weighted by Gasteiger charge is -2.02. The van der Waals surface area contributed by atoms with Crippen molar-refractivity contribution in [2.24, 2.45) is 0 Å². The van der Waals surface area contributed by atoms with Crippen molar-refractivity contribution < 1.29 is 4.79 Å². The van der Waals surface area contributed by atoms with Gasteiger partial charge in [0, 0.05) is 5.02 Å². The van der Waals surface area contributed by atoms with Gasteiger partial charge in [-0.2, -0.15) is 0 Å². The van der Waals surface area contributed by atoms with Crippen molar-refractivity contribution in [3.8, 4) is 0 Å². The van der Waals surface area contributed by atoms with Crippen LogP contribution in [0, 0.1) is 0 Å². The Morgan fingerprint density at radius 1 is 1.38 bits per heavy atom. The van der Waals surface area contributed by atoms with Crippen LogP contribution < -0.4 is 0 Å². The number of carbonyl (C=O) groups is 1. The van der Waals surface area contributed by atoms with Gasteiger partial charge < -0.3 is 0 Å². The summed E-state index contributed by atoms with van der Waals surface area (Å²) < 4.78 is 0. The Labute approximate surface area is 83.0 Å². The molecule has 1 rings (SSSR count). The highest BCUT2D eigenvalue weighted by Gasteiger charge is 1.97. The number of carbonyl (C=O) groups excluding carboxylic acids is 1. The summed E-state index contributed by atoms with van der Waals surface area (Å²) in [6.07, 6.45) is 3.25. The van der Waals surface area contributed by atoms with Gasteiger partial charge in [-0.25, -0.2) is 0 Å². The van der Waals surface area contributed by atoms with Crippen molar-refractivity contribution in [3.05, 3.63) is 40.9 Å². The molecule has 1 aromatic carbocycles. The van der Waals surface area contributed by atoms with E-state index >= 15 is 0 Å². The van der Waals surface area contributed by atoms with Gasteiger partial charge in [-0.3, -0.25) is 4.79 Å². The van der Waals surface area contributed by atoms with Gasteiger partial charge >= 0.3 is 0 Å². The summed E-state index contributed by atoms with van der Waals surface area (Å²) >= 11 is 5.75. The molecule has 0 radical (unpaired) electrons. The van der Waals surface area contributed by atoms with Crippen LogP contribution in [0.4, 0.5) is 0 Å². The molecule has 0 amide bonds. The lowest BCUT2D eigenvalue weighted by atomic mass is 10.0. The third-order valence-electron chi connectivity index (χ3n) is 1.87. The van der Waals surface area contributed by atoms with Crippen LogP contribution in [0.3, 0.4) is 0 Å². The molecule has 0 aromatic heterocycles. The average molecular weight is 195 g/mol. The van der Waals surface area contributed by atoms with Crippen LogP contribution >= 0.6 is 11.6 Å². The molecule has 0 aliphatic rings. The van der Waals surface area contributed by atoms with Crippen LogP contribution in [-0.4, -0.2) is 6.29 Å². The van der Waals surface area contributed by atoms with Crippen LogP contribution in [-0.2, 0) is 4.79 Å². The number of hydrogen-bond acceptors (Lipinski definition) is 1. The topological polar surface area (TPSA) is 17.1 Å². The van der Waals surface area contributed by atoms with Crippen molar-refractivity contribution >= 4 is 23.5 Å². The van der Waals surface area contributed by atoms with Crippen molar-refractivity contribution in [3.63, 3.8) is 0 Å². The molecule has 0 fully saturated rings. The van der Waals surface area contributed by atoms with Gasteiger partial charge in [-0.05, 0) is 35.8 Å². The standard InChI is InChI=1S/C11H11ClO/c1-2-9(7-8-13)10-3-5-11(12)6-4-10/h3-8H,2H2,1H3/b9-7-. The molecule has 0 bridgehead atoms. The molecule has 1 nitrogen and oxygen atoms in total. The van der Waals surface area contributed by atoms with E-state index in [0.717, 1.165) is 23.8 Å². The molecular formula is C11H11ClO. The van der Waals surface area contributed by atoms with E-state index in [1.165, 1.54) is 0 Å². The van der Waals surface area contributed by atoms with Gasteiger partial charge in [0.2, 0.25) is 0 Å². The van der Waals surface area contributed by atoms with Gasteiger partial charge in [-0.1, -0.05) is 30.7 Å². The minimum atomic E-state index is 0.713. The largest absolute Gasteiger partial charge is 0.299 e. The van der Waals surface area contributed by atoms with Crippen molar-refractivity contribution in [1.29, 1.82) is 0 Å². The minimum absolute atomic E-state index is 0.713. The summed E-state index contributed by atoms with van der Waals surface area (Å²) in [5.41, 5.74) is 2.09. The fourth-order valence-corrected chi connectivity index (χ4v) is 1.29. The first-order chi connectivity index (χ1) is 6.27. The lowest BCUT2D eigenvalue weighted by Crippen LogP contribution is -1.82. The minimum Gasteiger partial charge on any atom is -0.299 e. The number of allylic oxidation sites excluding steroid dienone is 2. The second-order valence-electron chi connectivity index (χ2n) is 2.69. The van der Waals surface area contributed by atoms with Gasteiger partial charge in [0.25, 0.3) is 0 Å². The molecular weight excluding hydrogens is 184 g/mol. The smallest absolute Gasteiger partial charge is 0.143 e. The van der Waals surface area contributed by atoms with E-state index in [1.54, 1.807) is 6.08 Å². The normalized spacial score (nSPS) is 11.4. The first-order valence-corrected chi connectivity index (χ1v) is 4.56. The third-order valence-corrected chi connectivity index (χ3v) is 2.12. The van der Waals surface area contributed by atoms with Crippen LogP contribution in [0.5, 0.6) is 0 Å². The molecule has 13 heavy (non-hydrogen) atoms. The second-order valence-corrected chi connectivity index (χ2v) is 3.12. The zero-order chi connectivity index (χ0) is 9.68. The maximum atomic E-state index is 10.3. The molecule has 0 saturated carbocycles. The van der Waals surface area contributed by atoms with Crippen LogP contribution in [0.2, 0.25) is 5.02 Å². The quantitative estimate of drug-likeness (QED) is 0.533. The van der Waals surface area contributed by atoms with E-state index in [9.17, 15) is 4.79 Å². The molecule has 0 aliphatic heterocycles. The summed E-state index contributed by atoms with van der Waals surface area (Å²) in [7, 11) is 0. The fourth-order valence-electron chi connectivity index (χ4n) is 1.16. The van der Waals surface area contributed by atoms with E-state index in [4.69, 9.17) is 11.6 Å². The second kappa shape index (κ2) is 4.83. The van der Waals surface area contributed by atoms with Crippen molar-refractivity contribution in [2.45, 2.75) is 13.3 Å². The third kappa shape index (κ3) is 2.71. The maximum Gasteiger partial charge on any atom is 0.143 e. The first-order valence-electron chi connectivity index (χ1n) is 4.18.